The van der Waals surface area contributed by atoms with Crippen molar-refractivity contribution in [3.05, 3.63) is 29.8 Å². The third kappa shape index (κ3) is 3.22. The van der Waals surface area contributed by atoms with Gasteiger partial charge < -0.3 is 15.7 Å². The molecule has 3 rings (SSSR count). The van der Waals surface area contributed by atoms with E-state index in [1.807, 2.05) is 31.2 Å². The van der Waals surface area contributed by atoms with Crippen molar-refractivity contribution in [1.82, 2.24) is 15.8 Å². The van der Waals surface area contributed by atoms with Crippen molar-refractivity contribution >= 4 is 17.6 Å². The number of benzene rings is 1. The summed E-state index contributed by atoms with van der Waals surface area (Å²) in [5.74, 6) is 0.250. The van der Waals surface area contributed by atoms with Gasteiger partial charge in [0.2, 0.25) is 0 Å². The van der Waals surface area contributed by atoms with Gasteiger partial charge in [-0.15, -0.1) is 0 Å². The van der Waals surface area contributed by atoms with Crippen LogP contribution < -0.4 is 16.1 Å². The molecule has 1 saturated heterocycles. The fourth-order valence-electron chi connectivity index (χ4n) is 3.29. The molecular weight excluding hydrogens is 308 g/mol. The maximum Gasteiger partial charge on any atom is 0.339 e. The largest absolute Gasteiger partial charge is 0.360 e. The monoisotopic (exact) mass is 332 g/mol. The first kappa shape index (κ1) is 16.7. The molecular formula is C17H24N4O3. The van der Waals surface area contributed by atoms with Crippen LogP contribution in [0, 0.1) is 12.8 Å². The van der Waals surface area contributed by atoms with Crippen LogP contribution >= 0.6 is 0 Å². The first-order valence-electron chi connectivity index (χ1n) is 8.34. The SMILES string of the molecule is Cc1ccc(NC(O)NN2C(=O)NC3(CCC(C)CC3)C2=O)cc1. The van der Waals surface area contributed by atoms with Crippen LogP contribution in [0.1, 0.15) is 38.2 Å². The Hall–Kier alpha value is -2.12. The highest BCUT2D eigenvalue weighted by atomic mass is 16.3. The maximum atomic E-state index is 12.7. The number of hydrogen-bond acceptors (Lipinski definition) is 5. The molecule has 1 saturated carbocycles. The number of aryl methyl sites for hydroxylation is 1. The number of aliphatic hydroxyl groups excluding tert-OH is 1. The molecule has 0 aromatic heterocycles. The van der Waals surface area contributed by atoms with E-state index in [0.717, 1.165) is 23.4 Å². The zero-order valence-electron chi connectivity index (χ0n) is 14.0. The van der Waals surface area contributed by atoms with E-state index in [-0.39, 0.29) is 5.91 Å². The Morgan fingerprint density at radius 3 is 2.50 bits per heavy atom. The van der Waals surface area contributed by atoms with Gasteiger partial charge in [0.15, 0.2) is 6.35 Å². The standard InChI is InChI=1S/C17H24N4O3/c1-11-3-5-13(6-4-11)18-15(23)20-21-14(22)17(19-16(21)24)9-7-12(2)8-10-17/h3-6,12,15,18,20,23H,7-10H2,1-2H3,(H,19,24). The Bertz CT molecular complexity index is 623. The highest BCUT2D eigenvalue weighted by Gasteiger charge is 2.52. The van der Waals surface area contributed by atoms with Crippen LogP contribution in [-0.2, 0) is 4.79 Å². The van der Waals surface area contributed by atoms with E-state index < -0.39 is 17.9 Å². The molecule has 1 aliphatic carbocycles. The molecule has 1 spiro atoms. The van der Waals surface area contributed by atoms with E-state index >= 15 is 0 Å². The second-order valence-electron chi connectivity index (χ2n) is 6.88. The summed E-state index contributed by atoms with van der Waals surface area (Å²) < 4.78 is 0. The number of rotatable bonds is 4. The van der Waals surface area contributed by atoms with Crippen molar-refractivity contribution in [3.63, 3.8) is 0 Å². The summed E-state index contributed by atoms with van der Waals surface area (Å²) in [7, 11) is 0. The number of carbonyl (C=O) groups excluding carboxylic acids is 2. The zero-order chi connectivity index (χ0) is 17.3. The minimum absolute atomic E-state index is 0.316. The third-order valence-electron chi connectivity index (χ3n) is 4.90. The minimum Gasteiger partial charge on any atom is -0.360 e. The van der Waals surface area contributed by atoms with E-state index in [1.165, 1.54) is 0 Å². The van der Waals surface area contributed by atoms with Gasteiger partial charge in [0, 0.05) is 5.69 Å². The predicted octanol–water partition coefficient (Wildman–Crippen LogP) is 1.69. The number of aliphatic hydroxyl groups is 1. The predicted molar refractivity (Wildman–Crippen MR) is 89.7 cm³/mol. The second-order valence-corrected chi connectivity index (χ2v) is 6.88. The average molecular weight is 332 g/mol. The molecule has 1 atom stereocenters. The molecule has 3 amide bonds. The lowest BCUT2D eigenvalue weighted by molar-refractivity contribution is -0.136. The number of amides is 3. The van der Waals surface area contributed by atoms with Gasteiger partial charge in [0.05, 0.1) is 0 Å². The first-order chi connectivity index (χ1) is 11.4. The summed E-state index contributed by atoms with van der Waals surface area (Å²) in [6.07, 6.45) is 1.84. The highest BCUT2D eigenvalue weighted by molar-refractivity contribution is 6.06. The Balaban J connectivity index is 1.63. The van der Waals surface area contributed by atoms with E-state index in [0.29, 0.717) is 24.4 Å². The minimum atomic E-state index is -1.25. The van der Waals surface area contributed by atoms with E-state index in [4.69, 9.17) is 0 Å². The molecule has 2 fully saturated rings. The van der Waals surface area contributed by atoms with Crippen molar-refractivity contribution in [2.45, 2.75) is 51.4 Å². The number of urea groups is 1. The van der Waals surface area contributed by atoms with Gasteiger partial charge >= 0.3 is 6.03 Å². The van der Waals surface area contributed by atoms with Crippen molar-refractivity contribution < 1.29 is 14.7 Å². The van der Waals surface area contributed by atoms with Gasteiger partial charge in [0.1, 0.15) is 5.54 Å². The molecule has 4 N–H and O–H groups in total. The summed E-state index contributed by atoms with van der Waals surface area (Å²) in [5, 5.41) is 16.6. The molecule has 1 aromatic carbocycles. The average Bonchev–Trinajstić information content (AvgIpc) is 2.77. The van der Waals surface area contributed by atoms with E-state index in [2.05, 4.69) is 23.0 Å². The summed E-state index contributed by atoms with van der Waals surface area (Å²) in [6.45, 7) is 4.12. The number of nitrogens with one attached hydrogen (secondary N) is 3. The van der Waals surface area contributed by atoms with Gasteiger partial charge in [-0.25, -0.2) is 4.79 Å². The van der Waals surface area contributed by atoms with Crippen molar-refractivity contribution in [1.29, 1.82) is 0 Å². The molecule has 7 heteroatoms. The summed E-state index contributed by atoms with van der Waals surface area (Å²) in [4.78, 5) is 24.8. The van der Waals surface area contributed by atoms with Crippen LogP contribution in [0.25, 0.3) is 0 Å². The smallest absolute Gasteiger partial charge is 0.339 e. The molecule has 2 aliphatic rings. The van der Waals surface area contributed by atoms with Gasteiger partial charge in [-0.2, -0.15) is 10.4 Å². The summed E-state index contributed by atoms with van der Waals surface area (Å²) in [5.41, 5.74) is 3.51. The van der Waals surface area contributed by atoms with Gasteiger partial charge in [-0.1, -0.05) is 24.6 Å². The number of carbonyl (C=O) groups is 2. The molecule has 1 aliphatic heterocycles. The van der Waals surface area contributed by atoms with Crippen LogP contribution in [0.15, 0.2) is 24.3 Å². The number of hydrogen-bond donors (Lipinski definition) is 4. The number of imide groups is 1. The van der Waals surface area contributed by atoms with Crippen LogP contribution in [0.3, 0.4) is 0 Å². The maximum absolute atomic E-state index is 12.7. The zero-order valence-corrected chi connectivity index (χ0v) is 14.0. The van der Waals surface area contributed by atoms with Crippen molar-refractivity contribution in [2.75, 3.05) is 5.32 Å². The fraction of sp³-hybridized carbons (Fsp3) is 0.529. The van der Waals surface area contributed by atoms with Gasteiger partial charge in [-0.3, -0.25) is 4.79 Å². The number of nitrogens with zero attached hydrogens (tertiary/aromatic N) is 1. The van der Waals surface area contributed by atoms with E-state index in [1.54, 1.807) is 0 Å². The lowest BCUT2D eigenvalue weighted by Gasteiger charge is -2.33. The molecule has 0 radical (unpaired) electrons. The lowest BCUT2D eigenvalue weighted by atomic mass is 9.77. The third-order valence-corrected chi connectivity index (χ3v) is 4.90. The van der Waals surface area contributed by atoms with Gasteiger partial charge in [-0.05, 0) is 50.7 Å². The normalized spacial score (nSPS) is 28.1. The van der Waals surface area contributed by atoms with Crippen LogP contribution in [0.2, 0.25) is 0 Å². The fourth-order valence-corrected chi connectivity index (χ4v) is 3.29. The molecule has 7 nitrogen and oxygen atoms in total. The van der Waals surface area contributed by atoms with Crippen LogP contribution in [-0.4, -0.2) is 33.9 Å². The first-order valence-corrected chi connectivity index (χ1v) is 8.34. The highest BCUT2D eigenvalue weighted by Crippen LogP contribution is 2.35. The molecule has 24 heavy (non-hydrogen) atoms. The number of hydrazine groups is 1. The molecule has 130 valence electrons. The van der Waals surface area contributed by atoms with Crippen LogP contribution in [0.4, 0.5) is 10.5 Å². The number of anilines is 1. The summed E-state index contributed by atoms with van der Waals surface area (Å²) >= 11 is 0. The molecule has 1 aromatic rings. The van der Waals surface area contributed by atoms with Crippen molar-refractivity contribution in [3.8, 4) is 0 Å². The molecule has 1 heterocycles. The Kier molecular flexibility index (Phi) is 4.47. The second kappa shape index (κ2) is 6.41. The van der Waals surface area contributed by atoms with Gasteiger partial charge in [0.25, 0.3) is 5.91 Å². The Morgan fingerprint density at radius 2 is 1.88 bits per heavy atom. The van der Waals surface area contributed by atoms with Crippen molar-refractivity contribution in [2.24, 2.45) is 5.92 Å². The molecule has 0 bridgehead atoms. The van der Waals surface area contributed by atoms with Crippen LogP contribution in [0.5, 0.6) is 0 Å². The lowest BCUT2D eigenvalue weighted by Crippen LogP contribution is -2.53. The summed E-state index contributed by atoms with van der Waals surface area (Å²) in [6, 6.07) is 6.92. The Labute approximate surface area is 141 Å². The molecule has 1 unspecified atom stereocenters. The quantitative estimate of drug-likeness (QED) is 0.497. The van der Waals surface area contributed by atoms with E-state index in [9.17, 15) is 14.7 Å². The topological polar surface area (TPSA) is 93.7 Å². The Morgan fingerprint density at radius 1 is 1.25 bits per heavy atom.